The summed E-state index contributed by atoms with van der Waals surface area (Å²) >= 11 is 1.49. The summed E-state index contributed by atoms with van der Waals surface area (Å²) in [5.74, 6) is 1.13. The number of nitrogens with zero attached hydrogens (tertiary/aromatic N) is 4. The Morgan fingerprint density at radius 3 is 2.75 bits per heavy atom. The van der Waals surface area contributed by atoms with Gasteiger partial charge in [0.15, 0.2) is 0 Å². The van der Waals surface area contributed by atoms with Crippen molar-refractivity contribution in [3.8, 4) is 0 Å². The number of carbonyl (C=O) groups is 1. The van der Waals surface area contributed by atoms with Crippen molar-refractivity contribution in [1.29, 1.82) is 0 Å². The van der Waals surface area contributed by atoms with E-state index in [0.29, 0.717) is 0 Å². The van der Waals surface area contributed by atoms with E-state index in [0.717, 1.165) is 51.9 Å². The summed E-state index contributed by atoms with van der Waals surface area (Å²) in [5, 5.41) is 0.947. The number of hydrogen-bond donors (Lipinski definition) is 0. The van der Waals surface area contributed by atoms with Crippen LogP contribution in [-0.4, -0.2) is 38.4 Å². The number of rotatable bonds is 2. The van der Waals surface area contributed by atoms with Gasteiger partial charge in [-0.3, -0.25) is 4.79 Å². The predicted molar refractivity (Wildman–Crippen MR) is 95.6 cm³/mol. The lowest BCUT2D eigenvalue weighted by atomic mass is 10.2. The fourth-order valence-electron chi connectivity index (χ4n) is 3.64. The summed E-state index contributed by atoms with van der Waals surface area (Å²) in [6.45, 7) is 7.42. The van der Waals surface area contributed by atoms with Crippen LogP contribution in [0.3, 0.4) is 0 Å². The van der Waals surface area contributed by atoms with E-state index in [1.54, 1.807) is 0 Å². The van der Waals surface area contributed by atoms with E-state index in [1.165, 1.54) is 11.3 Å². The number of thiazole rings is 1. The molecule has 0 unspecified atom stereocenters. The van der Waals surface area contributed by atoms with E-state index in [1.807, 2.05) is 43.9 Å². The van der Waals surface area contributed by atoms with Crippen LogP contribution in [0.4, 0.5) is 0 Å². The molecule has 5 nitrogen and oxygen atoms in total. The van der Waals surface area contributed by atoms with Gasteiger partial charge in [-0.1, -0.05) is 12.1 Å². The van der Waals surface area contributed by atoms with E-state index in [4.69, 9.17) is 0 Å². The number of fused-ring (bicyclic) bond motifs is 1. The molecule has 6 heteroatoms. The molecule has 3 aromatic rings. The van der Waals surface area contributed by atoms with Gasteiger partial charge < -0.3 is 9.47 Å². The average molecular weight is 340 g/mol. The van der Waals surface area contributed by atoms with Crippen LogP contribution in [0, 0.1) is 20.8 Å². The lowest BCUT2D eigenvalue weighted by molar-refractivity contribution is 0.0791. The molecular formula is C18H20N4OS. The minimum absolute atomic E-state index is 0.114. The minimum Gasteiger partial charge on any atom is -0.336 e. The topological polar surface area (TPSA) is 51.0 Å². The predicted octanol–water partition coefficient (Wildman–Crippen LogP) is 3.51. The van der Waals surface area contributed by atoms with Crippen molar-refractivity contribution in [3.05, 3.63) is 45.7 Å². The number of para-hydroxylation sites is 2. The zero-order valence-electron chi connectivity index (χ0n) is 14.1. The Morgan fingerprint density at radius 1 is 1.21 bits per heavy atom. The Hall–Kier alpha value is -2.21. The van der Waals surface area contributed by atoms with E-state index in [-0.39, 0.29) is 11.9 Å². The van der Waals surface area contributed by atoms with E-state index >= 15 is 0 Å². The molecule has 1 amide bonds. The van der Waals surface area contributed by atoms with E-state index in [2.05, 4.69) is 20.6 Å². The van der Waals surface area contributed by atoms with Gasteiger partial charge in [-0.25, -0.2) is 9.97 Å². The van der Waals surface area contributed by atoms with Gasteiger partial charge in [-0.05, 0) is 39.3 Å². The van der Waals surface area contributed by atoms with Crippen LogP contribution in [0.2, 0.25) is 0 Å². The maximum Gasteiger partial charge on any atom is 0.265 e. The fraction of sp³-hybridized carbons (Fsp3) is 0.389. The third kappa shape index (κ3) is 2.41. The molecule has 1 aliphatic rings. The zero-order chi connectivity index (χ0) is 16.8. The fourth-order valence-corrected chi connectivity index (χ4v) is 4.52. The Labute approximate surface area is 145 Å². The summed E-state index contributed by atoms with van der Waals surface area (Å²) < 4.78 is 2.29. The first kappa shape index (κ1) is 15.3. The molecule has 1 aliphatic heterocycles. The minimum atomic E-state index is 0.114. The van der Waals surface area contributed by atoms with Crippen molar-refractivity contribution in [2.75, 3.05) is 13.1 Å². The molecule has 3 heterocycles. The van der Waals surface area contributed by atoms with Gasteiger partial charge >= 0.3 is 0 Å². The molecular weight excluding hydrogens is 320 g/mol. The van der Waals surface area contributed by atoms with E-state index in [9.17, 15) is 4.79 Å². The monoisotopic (exact) mass is 340 g/mol. The number of amides is 1. The summed E-state index contributed by atoms with van der Waals surface area (Å²) in [6.07, 6.45) is 0.962. The molecule has 1 atom stereocenters. The van der Waals surface area contributed by atoms with Gasteiger partial charge in [0.05, 0.1) is 27.8 Å². The maximum absolute atomic E-state index is 12.8. The van der Waals surface area contributed by atoms with Gasteiger partial charge in [0.2, 0.25) is 0 Å². The molecule has 0 radical (unpaired) electrons. The largest absolute Gasteiger partial charge is 0.336 e. The Bertz CT molecular complexity index is 926. The van der Waals surface area contributed by atoms with Crippen molar-refractivity contribution in [1.82, 2.24) is 19.4 Å². The lowest BCUT2D eigenvalue weighted by Gasteiger charge is -2.18. The van der Waals surface area contributed by atoms with Gasteiger partial charge in [-0.2, -0.15) is 0 Å². The first-order valence-corrected chi connectivity index (χ1v) is 9.03. The summed E-state index contributed by atoms with van der Waals surface area (Å²) in [5.41, 5.74) is 3.02. The van der Waals surface area contributed by atoms with Crippen molar-refractivity contribution in [3.63, 3.8) is 0 Å². The molecule has 0 spiro atoms. The average Bonchev–Trinajstić information content (AvgIpc) is 3.22. The van der Waals surface area contributed by atoms with Gasteiger partial charge in [0.1, 0.15) is 10.7 Å². The number of aromatic nitrogens is 3. The van der Waals surface area contributed by atoms with Crippen molar-refractivity contribution >= 4 is 28.3 Å². The highest BCUT2D eigenvalue weighted by molar-refractivity contribution is 7.13. The van der Waals surface area contributed by atoms with Crippen LogP contribution >= 0.6 is 11.3 Å². The summed E-state index contributed by atoms with van der Waals surface area (Å²) in [4.78, 5) is 24.6. The second-order valence-electron chi connectivity index (χ2n) is 6.36. The molecule has 1 aromatic carbocycles. The molecule has 124 valence electrons. The SMILES string of the molecule is Cc1nc(C)c(C(=O)N2CC[C@H](n3c(C)nc4ccccc43)C2)s1. The van der Waals surface area contributed by atoms with Gasteiger partial charge in [0, 0.05) is 13.1 Å². The Kier molecular flexibility index (Phi) is 3.64. The number of aryl methyl sites for hydroxylation is 3. The normalized spacial score (nSPS) is 17.8. The summed E-state index contributed by atoms with van der Waals surface area (Å²) in [7, 11) is 0. The number of benzene rings is 1. The standard InChI is InChI=1S/C18H20N4OS/c1-11-17(24-13(3)19-11)18(23)21-9-8-14(10-21)22-12(2)20-15-6-4-5-7-16(15)22/h4-7,14H,8-10H2,1-3H3/t14-/m0/s1. The molecule has 0 bridgehead atoms. The number of carbonyl (C=O) groups excluding carboxylic acids is 1. The van der Waals surface area contributed by atoms with Crippen LogP contribution in [-0.2, 0) is 0 Å². The third-order valence-electron chi connectivity index (χ3n) is 4.69. The molecule has 1 saturated heterocycles. The van der Waals surface area contributed by atoms with Crippen LogP contribution in [0.1, 0.15) is 38.7 Å². The highest BCUT2D eigenvalue weighted by atomic mass is 32.1. The molecule has 0 N–H and O–H groups in total. The van der Waals surface area contributed by atoms with Crippen molar-refractivity contribution < 1.29 is 4.79 Å². The highest BCUT2D eigenvalue weighted by Gasteiger charge is 2.31. The quantitative estimate of drug-likeness (QED) is 0.717. The lowest BCUT2D eigenvalue weighted by Crippen LogP contribution is -2.29. The molecule has 24 heavy (non-hydrogen) atoms. The first-order chi connectivity index (χ1) is 11.5. The molecule has 0 saturated carbocycles. The molecule has 4 rings (SSSR count). The number of imidazole rings is 1. The van der Waals surface area contributed by atoms with Crippen LogP contribution in [0.25, 0.3) is 11.0 Å². The second-order valence-corrected chi connectivity index (χ2v) is 7.56. The van der Waals surface area contributed by atoms with Gasteiger partial charge in [-0.15, -0.1) is 11.3 Å². The van der Waals surface area contributed by atoms with Crippen LogP contribution in [0.15, 0.2) is 24.3 Å². The van der Waals surface area contributed by atoms with Crippen LogP contribution in [0.5, 0.6) is 0 Å². The van der Waals surface area contributed by atoms with Crippen LogP contribution < -0.4 is 0 Å². The van der Waals surface area contributed by atoms with Crippen molar-refractivity contribution in [2.24, 2.45) is 0 Å². The second kappa shape index (κ2) is 5.70. The first-order valence-electron chi connectivity index (χ1n) is 8.21. The van der Waals surface area contributed by atoms with E-state index < -0.39 is 0 Å². The van der Waals surface area contributed by atoms with Gasteiger partial charge in [0.25, 0.3) is 5.91 Å². The molecule has 0 aliphatic carbocycles. The van der Waals surface area contributed by atoms with Crippen molar-refractivity contribution in [2.45, 2.75) is 33.2 Å². The highest BCUT2D eigenvalue weighted by Crippen LogP contribution is 2.30. The Morgan fingerprint density at radius 2 is 2.00 bits per heavy atom. The Balaban J connectivity index is 1.61. The summed E-state index contributed by atoms with van der Waals surface area (Å²) in [6, 6.07) is 8.49. The third-order valence-corrected chi connectivity index (χ3v) is 5.75. The molecule has 2 aromatic heterocycles. The smallest absolute Gasteiger partial charge is 0.265 e. The number of likely N-dealkylation sites (tertiary alicyclic amines) is 1. The maximum atomic E-state index is 12.8. The zero-order valence-corrected chi connectivity index (χ0v) is 14.9. The molecule has 1 fully saturated rings. The number of hydrogen-bond acceptors (Lipinski definition) is 4.